The van der Waals surface area contributed by atoms with Crippen molar-refractivity contribution in [2.24, 2.45) is 0 Å². The van der Waals surface area contributed by atoms with Gasteiger partial charge < -0.3 is 9.80 Å². The van der Waals surface area contributed by atoms with Crippen LogP contribution in [0.5, 0.6) is 0 Å². The number of aromatic nitrogens is 1. The smallest absolute Gasteiger partial charge is 0.253 e. The molecule has 2 saturated heterocycles. The van der Waals surface area contributed by atoms with Gasteiger partial charge in [0.25, 0.3) is 5.91 Å². The molecule has 2 aromatic carbocycles. The highest BCUT2D eigenvalue weighted by Gasteiger charge is 2.31. The predicted octanol–water partition coefficient (Wildman–Crippen LogP) is 4.44. The fourth-order valence-corrected chi connectivity index (χ4v) is 7.72. The molecule has 0 saturated carbocycles. The summed E-state index contributed by atoms with van der Waals surface area (Å²) in [6, 6.07) is 10.8. The number of aryl methyl sites for hydroxylation is 2. The van der Waals surface area contributed by atoms with Gasteiger partial charge in [0.1, 0.15) is 0 Å². The Morgan fingerprint density at radius 2 is 1.66 bits per heavy atom. The van der Waals surface area contributed by atoms with E-state index in [4.69, 9.17) is 4.98 Å². The number of benzene rings is 2. The van der Waals surface area contributed by atoms with Gasteiger partial charge in [-0.25, -0.2) is 13.4 Å². The average molecular weight is 513 g/mol. The first-order valence-electron chi connectivity index (χ1n) is 12.3. The zero-order chi connectivity index (χ0) is 24.7. The van der Waals surface area contributed by atoms with Crippen LogP contribution in [0.4, 0.5) is 5.13 Å². The summed E-state index contributed by atoms with van der Waals surface area (Å²) in [6.45, 7) is 9.41. The molecule has 186 valence electrons. The predicted molar refractivity (Wildman–Crippen MR) is 141 cm³/mol. The van der Waals surface area contributed by atoms with Crippen LogP contribution < -0.4 is 4.90 Å². The van der Waals surface area contributed by atoms with Crippen LogP contribution in [0.2, 0.25) is 0 Å². The maximum Gasteiger partial charge on any atom is 0.253 e. The first-order valence-corrected chi connectivity index (χ1v) is 14.5. The number of carbonyl (C=O) groups is 1. The Hall–Kier alpha value is -2.49. The van der Waals surface area contributed by atoms with Crippen molar-refractivity contribution in [1.29, 1.82) is 0 Å². The molecular weight excluding hydrogens is 480 g/mol. The van der Waals surface area contributed by atoms with Gasteiger partial charge in [0.15, 0.2) is 5.13 Å². The molecule has 2 aliphatic rings. The number of fused-ring (bicyclic) bond motifs is 1. The third-order valence-corrected chi connectivity index (χ3v) is 10.4. The summed E-state index contributed by atoms with van der Waals surface area (Å²) >= 11 is 1.70. The van der Waals surface area contributed by atoms with Gasteiger partial charge in [0, 0.05) is 44.3 Å². The van der Waals surface area contributed by atoms with Crippen LogP contribution in [0.15, 0.2) is 41.3 Å². The molecule has 0 aliphatic carbocycles. The number of piperidine rings is 1. The molecule has 1 amide bonds. The van der Waals surface area contributed by atoms with Crippen molar-refractivity contribution < 1.29 is 13.2 Å². The number of carbonyl (C=O) groups excluding carboxylic acids is 1. The molecule has 1 atom stereocenters. The number of sulfonamides is 1. The van der Waals surface area contributed by atoms with Crippen molar-refractivity contribution in [3.05, 3.63) is 53.1 Å². The molecule has 3 aromatic rings. The zero-order valence-electron chi connectivity index (χ0n) is 20.5. The molecular formula is C26H32N4O3S2. The van der Waals surface area contributed by atoms with Gasteiger partial charge in [0.2, 0.25) is 10.0 Å². The fourth-order valence-electron chi connectivity index (χ4n) is 4.92. The van der Waals surface area contributed by atoms with Crippen molar-refractivity contribution in [2.45, 2.75) is 51.0 Å². The van der Waals surface area contributed by atoms with E-state index in [1.807, 2.05) is 11.8 Å². The van der Waals surface area contributed by atoms with E-state index in [0.717, 1.165) is 43.0 Å². The molecule has 1 unspecified atom stereocenters. The summed E-state index contributed by atoms with van der Waals surface area (Å²) in [6.07, 6.45) is 2.84. The molecule has 7 nitrogen and oxygen atoms in total. The van der Waals surface area contributed by atoms with Crippen LogP contribution in [-0.2, 0) is 10.0 Å². The van der Waals surface area contributed by atoms with E-state index in [1.54, 1.807) is 39.9 Å². The van der Waals surface area contributed by atoms with E-state index in [9.17, 15) is 13.2 Å². The minimum Gasteiger partial charge on any atom is -0.345 e. The normalized spacial score (nSPS) is 19.9. The maximum absolute atomic E-state index is 13.1. The van der Waals surface area contributed by atoms with E-state index in [1.165, 1.54) is 15.8 Å². The Labute approximate surface area is 211 Å². The van der Waals surface area contributed by atoms with E-state index in [-0.39, 0.29) is 16.8 Å². The second-order valence-electron chi connectivity index (χ2n) is 9.66. The summed E-state index contributed by atoms with van der Waals surface area (Å²) in [4.78, 5) is 22.3. The van der Waals surface area contributed by atoms with E-state index >= 15 is 0 Å². The van der Waals surface area contributed by atoms with Gasteiger partial charge in [-0.1, -0.05) is 17.8 Å². The number of nitrogens with zero attached hydrogens (tertiary/aromatic N) is 4. The standard InChI is InChI=1S/C26H32N4O3S2/c1-18-16-23-24(17-19(18)2)34-26(27-23)29-14-12-28(13-15-29)25(31)21-7-9-22(10-8-21)35(32,33)30-11-5-4-6-20(30)3/h7-10,16-17,20H,4-6,11-15H2,1-3H3. The summed E-state index contributed by atoms with van der Waals surface area (Å²) in [7, 11) is -3.54. The third kappa shape index (κ3) is 4.69. The molecule has 9 heteroatoms. The minimum absolute atomic E-state index is 0.00910. The SMILES string of the molecule is Cc1cc2nc(N3CCN(C(=O)c4ccc(S(=O)(=O)N5CCCCC5C)cc4)CC3)sc2cc1C. The third-order valence-electron chi connectivity index (χ3n) is 7.28. The first-order chi connectivity index (χ1) is 16.7. The maximum atomic E-state index is 13.1. The number of anilines is 1. The van der Waals surface area contributed by atoms with Gasteiger partial charge in [-0.2, -0.15) is 4.31 Å². The highest BCUT2D eigenvalue weighted by atomic mass is 32.2. The Morgan fingerprint density at radius 3 is 2.34 bits per heavy atom. The molecule has 0 N–H and O–H groups in total. The van der Waals surface area contributed by atoms with Crippen LogP contribution >= 0.6 is 11.3 Å². The number of thiazole rings is 1. The van der Waals surface area contributed by atoms with Crippen molar-refractivity contribution in [1.82, 2.24) is 14.2 Å². The Balaban J connectivity index is 1.24. The summed E-state index contributed by atoms with van der Waals surface area (Å²) in [5, 5.41) is 0.999. The zero-order valence-corrected chi connectivity index (χ0v) is 22.2. The van der Waals surface area contributed by atoms with Crippen LogP contribution in [-0.4, -0.2) is 67.3 Å². The lowest BCUT2D eigenvalue weighted by atomic mass is 10.1. The van der Waals surface area contributed by atoms with Gasteiger partial charge in [-0.3, -0.25) is 4.79 Å². The van der Waals surface area contributed by atoms with Crippen LogP contribution in [0.25, 0.3) is 10.2 Å². The van der Waals surface area contributed by atoms with Crippen LogP contribution in [0.1, 0.15) is 47.7 Å². The molecule has 1 aromatic heterocycles. The number of piperazine rings is 1. The molecule has 2 aliphatic heterocycles. The highest BCUT2D eigenvalue weighted by molar-refractivity contribution is 7.89. The van der Waals surface area contributed by atoms with Gasteiger partial charge >= 0.3 is 0 Å². The van der Waals surface area contributed by atoms with Crippen LogP contribution in [0.3, 0.4) is 0 Å². The summed E-state index contributed by atoms with van der Waals surface area (Å²) in [5.41, 5.74) is 4.07. The molecule has 0 spiro atoms. The molecule has 0 radical (unpaired) electrons. The van der Waals surface area contributed by atoms with E-state index in [2.05, 4.69) is 30.9 Å². The van der Waals surface area contributed by atoms with Gasteiger partial charge in [-0.15, -0.1) is 0 Å². The molecule has 35 heavy (non-hydrogen) atoms. The van der Waals surface area contributed by atoms with Crippen molar-refractivity contribution in [3.63, 3.8) is 0 Å². The Bertz CT molecular complexity index is 1300. The highest BCUT2D eigenvalue weighted by Crippen LogP contribution is 2.31. The van der Waals surface area contributed by atoms with Gasteiger partial charge in [-0.05, 0) is 81.1 Å². The molecule has 5 rings (SSSR count). The lowest BCUT2D eigenvalue weighted by Crippen LogP contribution is -2.48. The second-order valence-corrected chi connectivity index (χ2v) is 12.6. The number of hydrogen-bond acceptors (Lipinski definition) is 6. The number of rotatable bonds is 4. The first kappa shape index (κ1) is 24.2. The monoisotopic (exact) mass is 512 g/mol. The van der Waals surface area contributed by atoms with Crippen LogP contribution in [0, 0.1) is 13.8 Å². The lowest BCUT2D eigenvalue weighted by Gasteiger charge is -2.34. The Morgan fingerprint density at radius 1 is 0.971 bits per heavy atom. The quantitative estimate of drug-likeness (QED) is 0.517. The van der Waals surface area contributed by atoms with Crippen molar-refractivity contribution in [3.8, 4) is 0 Å². The minimum atomic E-state index is -3.54. The van der Waals surface area contributed by atoms with Crippen molar-refractivity contribution in [2.75, 3.05) is 37.6 Å². The van der Waals surface area contributed by atoms with E-state index < -0.39 is 10.0 Å². The fraction of sp³-hybridized carbons (Fsp3) is 0.462. The average Bonchev–Trinajstić information content (AvgIpc) is 3.27. The molecule has 2 fully saturated rings. The second kappa shape index (κ2) is 9.52. The topological polar surface area (TPSA) is 73.8 Å². The van der Waals surface area contributed by atoms with Gasteiger partial charge in [0.05, 0.1) is 15.1 Å². The lowest BCUT2D eigenvalue weighted by molar-refractivity contribution is 0.0746. The summed E-state index contributed by atoms with van der Waals surface area (Å²) in [5.74, 6) is -0.0597. The van der Waals surface area contributed by atoms with Crippen molar-refractivity contribution >= 4 is 42.6 Å². The molecule has 0 bridgehead atoms. The Kier molecular flexibility index (Phi) is 6.59. The van der Waals surface area contributed by atoms with E-state index in [0.29, 0.717) is 25.2 Å². The molecule has 3 heterocycles. The summed E-state index contributed by atoms with van der Waals surface area (Å²) < 4.78 is 28.9. The number of amides is 1. The number of hydrogen-bond donors (Lipinski definition) is 0. The largest absolute Gasteiger partial charge is 0.345 e.